The zero-order valence-corrected chi connectivity index (χ0v) is 11.3. The van der Waals surface area contributed by atoms with Crippen molar-refractivity contribution in [2.24, 2.45) is 0 Å². The predicted molar refractivity (Wildman–Crippen MR) is 73.6 cm³/mol. The molecule has 5 heteroatoms. The molecular weight excluding hydrogens is 250 g/mol. The van der Waals surface area contributed by atoms with Gasteiger partial charge >= 0.3 is 5.97 Å². The fourth-order valence-electron chi connectivity index (χ4n) is 1.26. The van der Waals surface area contributed by atoms with Crippen LogP contribution in [0.5, 0.6) is 0 Å². The minimum atomic E-state index is -0.252. The summed E-state index contributed by atoms with van der Waals surface area (Å²) in [6.45, 7) is 1.82. The number of hydrogen-bond acceptors (Lipinski definition) is 4. The molecule has 0 saturated heterocycles. The minimum absolute atomic E-state index is 0.0592. The number of carbonyl (C=O) groups is 2. The van der Waals surface area contributed by atoms with Gasteiger partial charge < -0.3 is 10.1 Å². The molecule has 1 rings (SSSR count). The summed E-state index contributed by atoms with van der Waals surface area (Å²) in [7, 11) is 1.36. The Balaban J connectivity index is 2.31. The Morgan fingerprint density at radius 2 is 2.00 bits per heavy atom. The molecule has 0 aliphatic heterocycles. The molecule has 1 atom stereocenters. The molecule has 0 unspecified atom stereocenters. The Bertz CT molecular complexity index is 394. The first-order chi connectivity index (χ1) is 8.63. The van der Waals surface area contributed by atoms with Crippen LogP contribution in [0.1, 0.15) is 13.3 Å². The summed E-state index contributed by atoms with van der Waals surface area (Å²) in [5.74, 6) is 0.269. The molecule has 0 bridgehead atoms. The Labute approximate surface area is 111 Å². The fourth-order valence-corrected chi connectivity index (χ4v) is 2.11. The summed E-state index contributed by atoms with van der Waals surface area (Å²) < 4.78 is 4.54. The third-order valence-electron chi connectivity index (χ3n) is 2.31. The Morgan fingerprint density at radius 1 is 1.33 bits per heavy atom. The minimum Gasteiger partial charge on any atom is -0.469 e. The van der Waals surface area contributed by atoms with Gasteiger partial charge in [-0.2, -0.15) is 0 Å². The van der Waals surface area contributed by atoms with Crippen molar-refractivity contribution in [3.8, 4) is 0 Å². The molecule has 0 aliphatic carbocycles. The molecule has 0 aliphatic rings. The van der Waals surface area contributed by atoms with Crippen LogP contribution in [0.25, 0.3) is 0 Å². The lowest BCUT2D eigenvalue weighted by molar-refractivity contribution is -0.140. The van der Waals surface area contributed by atoms with Gasteiger partial charge in [0.25, 0.3) is 0 Å². The number of esters is 1. The lowest BCUT2D eigenvalue weighted by Crippen LogP contribution is -2.23. The lowest BCUT2D eigenvalue weighted by atomic mass is 10.3. The summed E-state index contributed by atoms with van der Waals surface area (Å²) >= 11 is 1.43. The molecule has 0 saturated carbocycles. The van der Waals surface area contributed by atoms with E-state index in [9.17, 15) is 9.59 Å². The van der Waals surface area contributed by atoms with Crippen LogP contribution >= 0.6 is 11.8 Å². The fraction of sp³-hybridized carbons (Fsp3) is 0.385. The number of anilines is 1. The molecule has 0 aromatic heterocycles. The van der Waals surface area contributed by atoms with Crippen LogP contribution in [0.4, 0.5) is 5.69 Å². The van der Waals surface area contributed by atoms with E-state index < -0.39 is 0 Å². The molecule has 98 valence electrons. The number of carbonyl (C=O) groups excluding carboxylic acids is 2. The molecule has 18 heavy (non-hydrogen) atoms. The second-order valence-corrected chi connectivity index (χ2v) is 5.14. The predicted octanol–water partition coefficient (Wildman–Crippen LogP) is 2.31. The van der Waals surface area contributed by atoms with Gasteiger partial charge in [-0.3, -0.25) is 9.59 Å². The van der Waals surface area contributed by atoms with Gasteiger partial charge in [0.15, 0.2) is 0 Å². The van der Waals surface area contributed by atoms with E-state index in [1.165, 1.54) is 18.9 Å². The van der Waals surface area contributed by atoms with E-state index in [2.05, 4.69) is 10.1 Å². The first-order valence-corrected chi connectivity index (χ1v) is 6.72. The van der Waals surface area contributed by atoms with Crippen molar-refractivity contribution >= 4 is 29.3 Å². The van der Waals surface area contributed by atoms with E-state index in [1.54, 1.807) is 0 Å². The normalized spacial score (nSPS) is 11.7. The van der Waals surface area contributed by atoms with Crippen molar-refractivity contribution < 1.29 is 14.3 Å². The van der Waals surface area contributed by atoms with Crippen LogP contribution in [0.2, 0.25) is 0 Å². The van der Waals surface area contributed by atoms with Crippen molar-refractivity contribution in [1.82, 2.24) is 0 Å². The second kappa shape index (κ2) is 7.76. The average Bonchev–Trinajstić information content (AvgIpc) is 2.39. The SMILES string of the molecule is COC(=O)CCS[C@H](C)C(=O)Nc1ccccc1. The zero-order chi connectivity index (χ0) is 13.4. The first-order valence-electron chi connectivity index (χ1n) is 5.68. The van der Waals surface area contributed by atoms with Crippen molar-refractivity contribution in [3.05, 3.63) is 30.3 Å². The third-order valence-corrected chi connectivity index (χ3v) is 3.47. The van der Waals surface area contributed by atoms with E-state index in [4.69, 9.17) is 0 Å². The van der Waals surface area contributed by atoms with E-state index in [0.717, 1.165) is 5.69 Å². The van der Waals surface area contributed by atoms with Crippen LogP contribution < -0.4 is 5.32 Å². The Morgan fingerprint density at radius 3 is 2.61 bits per heavy atom. The molecule has 0 spiro atoms. The number of rotatable bonds is 6. The average molecular weight is 267 g/mol. The highest BCUT2D eigenvalue weighted by Gasteiger charge is 2.14. The van der Waals surface area contributed by atoms with Gasteiger partial charge in [-0.05, 0) is 19.1 Å². The highest BCUT2D eigenvalue weighted by atomic mass is 32.2. The summed E-state index contributed by atoms with van der Waals surface area (Å²) in [5.41, 5.74) is 0.780. The summed E-state index contributed by atoms with van der Waals surface area (Å²) in [6.07, 6.45) is 0.324. The highest BCUT2D eigenvalue weighted by Crippen LogP contribution is 2.15. The molecule has 1 N–H and O–H groups in total. The number of para-hydroxylation sites is 1. The number of thioether (sulfide) groups is 1. The van der Waals surface area contributed by atoms with Crippen LogP contribution in [0.3, 0.4) is 0 Å². The van der Waals surface area contributed by atoms with E-state index in [0.29, 0.717) is 12.2 Å². The Hall–Kier alpha value is -1.49. The van der Waals surface area contributed by atoms with Crippen LogP contribution in [0, 0.1) is 0 Å². The maximum atomic E-state index is 11.8. The van der Waals surface area contributed by atoms with Gasteiger partial charge in [-0.25, -0.2) is 0 Å². The van der Waals surface area contributed by atoms with Crippen molar-refractivity contribution in [3.63, 3.8) is 0 Å². The zero-order valence-electron chi connectivity index (χ0n) is 10.5. The van der Waals surface area contributed by atoms with Crippen LogP contribution in [-0.2, 0) is 14.3 Å². The lowest BCUT2D eigenvalue weighted by Gasteiger charge is -2.11. The molecule has 0 radical (unpaired) electrons. The molecule has 0 heterocycles. The second-order valence-electron chi connectivity index (χ2n) is 3.69. The summed E-state index contributed by atoms with van der Waals surface area (Å²) in [4.78, 5) is 22.7. The van der Waals surface area contributed by atoms with Gasteiger partial charge in [-0.15, -0.1) is 11.8 Å². The maximum Gasteiger partial charge on any atom is 0.306 e. The monoisotopic (exact) mass is 267 g/mol. The highest BCUT2D eigenvalue weighted by molar-refractivity contribution is 8.00. The van der Waals surface area contributed by atoms with Crippen molar-refractivity contribution in [1.29, 1.82) is 0 Å². The molecule has 1 aromatic carbocycles. The largest absolute Gasteiger partial charge is 0.469 e. The van der Waals surface area contributed by atoms with E-state index in [1.807, 2.05) is 37.3 Å². The standard InChI is InChI=1S/C13H17NO3S/c1-10(18-9-8-12(15)17-2)13(16)14-11-6-4-3-5-7-11/h3-7,10H,8-9H2,1-2H3,(H,14,16)/t10-/m1/s1. The third kappa shape index (κ3) is 5.23. The topological polar surface area (TPSA) is 55.4 Å². The van der Waals surface area contributed by atoms with Gasteiger partial charge in [0.1, 0.15) is 0 Å². The molecule has 0 fully saturated rings. The quantitative estimate of drug-likeness (QED) is 0.804. The van der Waals surface area contributed by atoms with Gasteiger partial charge in [-0.1, -0.05) is 18.2 Å². The summed E-state index contributed by atoms with van der Waals surface area (Å²) in [6, 6.07) is 9.30. The van der Waals surface area contributed by atoms with Gasteiger partial charge in [0, 0.05) is 11.4 Å². The number of amides is 1. The Kier molecular flexibility index (Phi) is 6.28. The molecule has 4 nitrogen and oxygen atoms in total. The van der Waals surface area contributed by atoms with Crippen LogP contribution in [0.15, 0.2) is 30.3 Å². The van der Waals surface area contributed by atoms with Gasteiger partial charge in [0.05, 0.1) is 18.8 Å². The molecular formula is C13H17NO3S. The smallest absolute Gasteiger partial charge is 0.306 e. The van der Waals surface area contributed by atoms with Crippen LogP contribution in [-0.4, -0.2) is 30.0 Å². The van der Waals surface area contributed by atoms with E-state index in [-0.39, 0.29) is 17.1 Å². The van der Waals surface area contributed by atoms with Gasteiger partial charge in [0.2, 0.25) is 5.91 Å². The number of hydrogen-bond donors (Lipinski definition) is 1. The molecule has 1 amide bonds. The summed E-state index contributed by atoms with van der Waals surface area (Å²) in [5, 5.41) is 2.62. The van der Waals surface area contributed by atoms with Crippen molar-refractivity contribution in [2.75, 3.05) is 18.2 Å². The number of ether oxygens (including phenoxy) is 1. The number of nitrogens with one attached hydrogen (secondary N) is 1. The first kappa shape index (κ1) is 14.6. The number of benzene rings is 1. The maximum absolute atomic E-state index is 11.8. The van der Waals surface area contributed by atoms with E-state index >= 15 is 0 Å². The molecule has 1 aromatic rings. The number of methoxy groups -OCH3 is 1. The van der Waals surface area contributed by atoms with Crippen molar-refractivity contribution in [2.45, 2.75) is 18.6 Å².